The smallest absolute Gasteiger partial charge is 0.244 e. The van der Waals surface area contributed by atoms with E-state index in [1.54, 1.807) is 37.3 Å². The number of sulfonamides is 1. The molecule has 0 saturated carbocycles. The third-order valence-electron chi connectivity index (χ3n) is 5.49. The molecular formula is C25H33Cl2N3O4S. The number of carbonyl (C=O) groups is 2. The number of benzene rings is 2. The third kappa shape index (κ3) is 7.85. The second kappa shape index (κ2) is 12.6. The SMILES string of the molecule is CCc1ccccc1N(CC(=O)N(Cc1ccc(Cl)cc1Cl)[C@H](CC)C(=O)NC(C)C)S(C)(=O)=O. The number of rotatable bonds is 11. The van der Waals surface area contributed by atoms with Gasteiger partial charge in [-0.05, 0) is 56.0 Å². The van der Waals surface area contributed by atoms with Crippen LogP contribution in [0.4, 0.5) is 5.69 Å². The van der Waals surface area contributed by atoms with Gasteiger partial charge in [-0.15, -0.1) is 0 Å². The number of hydrogen-bond acceptors (Lipinski definition) is 4. The van der Waals surface area contributed by atoms with Crippen LogP contribution in [0.3, 0.4) is 0 Å². The summed E-state index contributed by atoms with van der Waals surface area (Å²) in [6, 6.07) is 11.0. The van der Waals surface area contributed by atoms with Gasteiger partial charge in [0.25, 0.3) is 0 Å². The van der Waals surface area contributed by atoms with E-state index in [9.17, 15) is 18.0 Å². The van der Waals surface area contributed by atoms with Gasteiger partial charge in [0, 0.05) is 22.6 Å². The van der Waals surface area contributed by atoms with E-state index >= 15 is 0 Å². The molecule has 0 aliphatic carbocycles. The Morgan fingerprint density at radius 2 is 1.69 bits per heavy atom. The lowest BCUT2D eigenvalue weighted by molar-refractivity contribution is -0.140. The minimum atomic E-state index is -3.80. The predicted octanol–water partition coefficient (Wildman–Crippen LogP) is 4.65. The summed E-state index contributed by atoms with van der Waals surface area (Å²) in [7, 11) is -3.80. The molecule has 2 rings (SSSR count). The highest BCUT2D eigenvalue weighted by molar-refractivity contribution is 7.92. The van der Waals surface area contributed by atoms with Crippen LogP contribution in [0.25, 0.3) is 0 Å². The molecule has 2 amide bonds. The zero-order chi connectivity index (χ0) is 26.3. The molecule has 7 nitrogen and oxygen atoms in total. The average molecular weight is 543 g/mol. The Balaban J connectivity index is 2.51. The summed E-state index contributed by atoms with van der Waals surface area (Å²) in [5.74, 6) is -0.834. The maximum Gasteiger partial charge on any atom is 0.244 e. The molecule has 10 heteroatoms. The molecule has 0 spiro atoms. The van der Waals surface area contributed by atoms with Gasteiger partial charge in [-0.3, -0.25) is 13.9 Å². The predicted molar refractivity (Wildman–Crippen MR) is 142 cm³/mol. The maximum atomic E-state index is 13.7. The van der Waals surface area contributed by atoms with Gasteiger partial charge in [0.05, 0.1) is 11.9 Å². The van der Waals surface area contributed by atoms with E-state index in [1.165, 1.54) is 4.90 Å². The van der Waals surface area contributed by atoms with Gasteiger partial charge in [0.15, 0.2) is 0 Å². The van der Waals surface area contributed by atoms with Crippen LogP contribution in [0.5, 0.6) is 0 Å². The summed E-state index contributed by atoms with van der Waals surface area (Å²) in [6.45, 7) is 6.95. The minimum Gasteiger partial charge on any atom is -0.352 e. The lowest BCUT2D eigenvalue weighted by atomic mass is 10.1. The maximum absolute atomic E-state index is 13.7. The number of nitrogens with zero attached hydrogens (tertiary/aromatic N) is 2. The van der Waals surface area contributed by atoms with Crippen molar-refractivity contribution in [2.45, 2.75) is 59.2 Å². The van der Waals surface area contributed by atoms with E-state index in [0.717, 1.165) is 16.1 Å². The first kappa shape index (κ1) is 28.9. The van der Waals surface area contributed by atoms with Crippen LogP contribution in [0.2, 0.25) is 10.0 Å². The second-order valence-electron chi connectivity index (χ2n) is 8.60. The second-order valence-corrected chi connectivity index (χ2v) is 11.3. The number of amides is 2. The molecule has 2 aromatic carbocycles. The number of carbonyl (C=O) groups excluding carboxylic acids is 2. The fraction of sp³-hybridized carbons (Fsp3) is 0.440. The number of para-hydroxylation sites is 1. The summed E-state index contributed by atoms with van der Waals surface area (Å²) >= 11 is 12.4. The highest BCUT2D eigenvalue weighted by Crippen LogP contribution is 2.26. The minimum absolute atomic E-state index is 0.0197. The van der Waals surface area contributed by atoms with Crippen LogP contribution in [0, 0.1) is 0 Å². The number of aryl methyl sites for hydroxylation is 1. The molecule has 0 bridgehead atoms. The van der Waals surface area contributed by atoms with Crippen molar-refractivity contribution in [2.75, 3.05) is 17.1 Å². The summed E-state index contributed by atoms with van der Waals surface area (Å²) in [6.07, 6.45) is 1.99. The zero-order valence-electron chi connectivity index (χ0n) is 20.7. The fourth-order valence-electron chi connectivity index (χ4n) is 3.78. The van der Waals surface area contributed by atoms with Crippen molar-refractivity contribution in [3.8, 4) is 0 Å². The first-order valence-corrected chi connectivity index (χ1v) is 14.1. The Bertz CT molecular complexity index is 1160. The van der Waals surface area contributed by atoms with Gasteiger partial charge in [-0.1, -0.05) is 61.3 Å². The average Bonchev–Trinajstić information content (AvgIpc) is 2.77. The Morgan fingerprint density at radius 3 is 2.23 bits per heavy atom. The van der Waals surface area contributed by atoms with E-state index in [0.29, 0.717) is 34.1 Å². The zero-order valence-corrected chi connectivity index (χ0v) is 23.0. The molecule has 0 aliphatic heterocycles. The molecule has 0 heterocycles. The molecule has 0 fully saturated rings. The van der Waals surface area contributed by atoms with Gasteiger partial charge in [-0.25, -0.2) is 8.42 Å². The van der Waals surface area contributed by atoms with Gasteiger partial charge in [0.2, 0.25) is 21.8 Å². The van der Waals surface area contributed by atoms with Crippen LogP contribution in [-0.2, 0) is 32.6 Å². The molecule has 35 heavy (non-hydrogen) atoms. The normalized spacial score (nSPS) is 12.3. The summed E-state index contributed by atoms with van der Waals surface area (Å²) in [5.41, 5.74) is 1.83. The van der Waals surface area contributed by atoms with Crippen LogP contribution in [-0.4, -0.2) is 50.0 Å². The van der Waals surface area contributed by atoms with Crippen molar-refractivity contribution >= 4 is 50.7 Å². The third-order valence-corrected chi connectivity index (χ3v) is 7.21. The number of hydrogen-bond donors (Lipinski definition) is 1. The topological polar surface area (TPSA) is 86.8 Å². The van der Waals surface area contributed by atoms with Crippen molar-refractivity contribution in [3.05, 3.63) is 63.6 Å². The van der Waals surface area contributed by atoms with Crippen LogP contribution in [0.1, 0.15) is 45.2 Å². The van der Waals surface area contributed by atoms with Crippen LogP contribution < -0.4 is 9.62 Å². The van der Waals surface area contributed by atoms with Crippen LogP contribution >= 0.6 is 23.2 Å². The standard InChI is InChI=1S/C25H33Cl2N3O4S/c1-6-18-10-8-9-11-23(18)30(35(5,33)34)16-24(31)29(22(7-2)25(32)28-17(3)4)15-19-12-13-20(26)14-21(19)27/h8-14,17,22H,6-7,15-16H2,1-5H3,(H,28,32)/t22-/m1/s1. The van der Waals surface area contributed by atoms with E-state index in [-0.39, 0.29) is 18.5 Å². The quantitative estimate of drug-likeness (QED) is 0.448. The highest BCUT2D eigenvalue weighted by Gasteiger charge is 2.32. The number of nitrogens with one attached hydrogen (secondary N) is 1. The van der Waals surface area contributed by atoms with E-state index < -0.39 is 28.5 Å². The summed E-state index contributed by atoms with van der Waals surface area (Å²) in [5, 5.41) is 3.65. The van der Waals surface area contributed by atoms with Gasteiger partial charge in [-0.2, -0.15) is 0 Å². The van der Waals surface area contributed by atoms with E-state index in [4.69, 9.17) is 23.2 Å². The van der Waals surface area contributed by atoms with Crippen molar-refractivity contribution in [2.24, 2.45) is 0 Å². The van der Waals surface area contributed by atoms with Crippen molar-refractivity contribution in [1.29, 1.82) is 0 Å². The van der Waals surface area contributed by atoms with E-state index in [1.807, 2.05) is 32.9 Å². The number of anilines is 1. The van der Waals surface area contributed by atoms with Crippen molar-refractivity contribution in [3.63, 3.8) is 0 Å². The van der Waals surface area contributed by atoms with Gasteiger partial charge in [0.1, 0.15) is 12.6 Å². The van der Waals surface area contributed by atoms with Gasteiger partial charge >= 0.3 is 0 Å². The molecule has 0 aromatic heterocycles. The summed E-state index contributed by atoms with van der Waals surface area (Å²) in [4.78, 5) is 28.1. The molecular weight excluding hydrogens is 509 g/mol. The van der Waals surface area contributed by atoms with Crippen LogP contribution in [0.15, 0.2) is 42.5 Å². The highest BCUT2D eigenvalue weighted by atomic mass is 35.5. The molecule has 1 N–H and O–H groups in total. The van der Waals surface area contributed by atoms with Crippen molar-refractivity contribution < 1.29 is 18.0 Å². The summed E-state index contributed by atoms with van der Waals surface area (Å²) < 4.78 is 26.6. The molecule has 0 radical (unpaired) electrons. The molecule has 0 saturated heterocycles. The Kier molecular flexibility index (Phi) is 10.4. The molecule has 2 aromatic rings. The first-order chi connectivity index (χ1) is 16.4. The Labute approximate surface area is 218 Å². The lowest BCUT2D eigenvalue weighted by Crippen LogP contribution is -2.53. The fourth-order valence-corrected chi connectivity index (χ4v) is 5.13. The molecule has 0 aliphatic rings. The monoisotopic (exact) mass is 541 g/mol. The van der Waals surface area contributed by atoms with Crippen molar-refractivity contribution in [1.82, 2.24) is 10.2 Å². The van der Waals surface area contributed by atoms with E-state index in [2.05, 4.69) is 5.32 Å². The first-order valence-electron chi connectivity index (χ1n) is 11.5. The molecule has 1 atom stereocenters. The Morgan fingerprint density at radius 1 is 1.03 bits per heavy atom. The van der Waals surface area contributed by atoms with Gasteiger partial charge < -0.3 is 10.2 Å². The largest absolute Gasteiger partial charge is 0.352 e. The Hall–Kier alpha value is -2.29. The number of halogens is 2. The molecule has 0 unspecified atom stereocenters. The lowest BCUT2D eigenvalue weighted by Gasteiger charge is -2.33. The molecule has 192 valence electrons.